The Balaban J connectivity index is 0.00000106. The van der Waals surface area contributed by atoms with Gasteiger partial charge in [-0.15, -0.1) is 0 Å². The molecule has 1 aliphatic carbocycles. The number of rotatable bonds is 4. The lowest BCUT2D eigenvalue weighted by Gasteiger charge is -2.15. The van der Waals surface area contributed by atoms with E-state index in [1.165, 1.54) is 0 Å². The van der Waals surface area contributed by atoms with Crippen molar-refractivity contribution < 1.29 is 9.18 Å². The van der Waals surface area contributed by atoms with E-state index in [2.05, 4.69) is 12.2 Å². The maximum absolute atomic E-state index is 12.8. The van der Waals surface area contributed by atoms with E-state index in [9.17, 15) is 9.18 Å². The van der Waals surface area contributed by atoms with Crippen molar-refractivity contribution in [2.45, 2.75) is 72.0 Å². The van der Waals surface area contributed by atoms with Crippen LogP contribution < -0.4 is 5.32 Å². The molecule has 0 radical (unpaired) electrons. The van der Waals surface area contributed by atoms with E-state index in [4.69, 9.17) is 0 Å². The van der Waals surface area contributed by atoms with E-state index in [-0.39, 0.29) is 17.9 Å². The smallest absolute Gasteiger partial charge is 0.223 e. The summed E-state index contributed by atoms with van der Waals surface area (Å²) in [5.74, 6) is -0.0320. The molecule has 1 rings (SSSR count). The van der Waals surface area contributed by atoms with Crippen molar-refractivity contribution in [2.75, 3.05) is 0 Å². The Morgan fingerprint density at radius 3 is 2.50 bits per heavy atom. The third-order valence-corrected chi connectivity index (χ3v) is 2.85. The molecular formula is C13H26FNO. The Morgan fingerprint density at radius 1 is 1.44 bits per heavy atom. The number of carbonyl (C=O) groups is 1. The number of hydrogen-bond acceptors (Lipinski definition) is 1. The number of hydrogen-bond donors (Lipinski definition) is 1. The van der Waals surface area contributed by atoms with Gasteiger partial charge in [-0.2, -0.15) is 0 Å². The van der Waals surface area contributed by atoms with Gasteiger partial charge in [-0.3, -0.25) is 4.79 Å². The van der Waals surface area contributed by atoms with Crippen molar-refractivity contribution in [3.8, 4) is 0 Å². The van der Waals surface area contributed by atoms with Crippen LogP contribution in [-0.4, -0.2) is 18.1 Å². The molecule has 96 valence electrons. The highest BCUT2D eigenvalue weighted by Crippen LogP contribution is 2.27. The molecule has 1 N–H and O–H groups in total. The van der Waals surface area contributed by atoms with Crippen molar-refractivity contribution in [1.82, 2.24) is 5.32 Å². The maximum atomic E-state index is 12.8. The molecule has 0 spiro atoms. The summed E-state index contributed by atoms with van der Waals surface area (Å²) in [6.07, 6.45) is 3.00. The van der Waals surface area contributed by atoms with Crippen molar-refractivity contribution in [1.29, 1.82) is 0 Å². The van der Waals surface area contributed by atoms with Crippen LogP contribution in [0.5, 0.6) is 0 Å². The molecule has 1 aliphatic rings. The molecule has 0 aromatic heterocycles. The van der Waals surface area contributed by atoms with Crippen molar-refractivity contribution in [3.63, 3.8) is 0 Å². The summed E-state index contributed by atoms with van der Waals surface area (Å²) in [7, 11) is 0. The van der Waals surface area contributed by atoms with Gasteiger partial charge >= 0.3 is 0 Å². The highest BCUT2D eigenvalue weighted by molar-refractivity contribution is 5.79. The standard InChI is InChI=1S/C11H20FNO.C2H6/c1-3-4-8(2)13-11(14)9-5-6-10(12)7-9;1-2/h8-10H,3-7H2,1-2H3,(H,13,14);1-2H3. The minimum absolute atomic E-state index is 0.0473. The zero-order chi connectivity index (χ0) is 12.6. The molecule has 16 heavy (non-hydrogen) atoms. The normalized spacial score (nSPS) is 25.6. The van der Waals surface area contributed by atoms with Gasteiger partial charge in [-0.1, -0.05) is 27.2 Å². The summed E-state index contributed by atoms with van der Waals surface area (Å²) >= 11 is 0. The van der Waals surface area contributed by atoms with Gasteiger partial charge < -0.3 is 5.32 Å². The van der Waals surface area contributed by atoms with Gasteiger partial charge in [0.05, 0.1) is 0 Å². The molecule has 3 atom stereocenters. The van der Waals surface area contributed by atoms with E-state index in [1.54, 1.807) is 0 Å². The molecule has 0 aromatic rings. The molecule has 2 nitrogen and oxygen atoms in total. The predicted octanol–water partition coefficient (Wildman–Crippen LogP) is 3.46. The summed E-state index contributed by atoms with van der Waals surface area (Å²) in [6, 6.07) is 0.228. The predicted molar refractivity (Wildman–Crippen MR) is 66.1 cm³/mol. The summed E-state index contributed by atoms with van der Waals surface area (Å²) in [4.78, 5) is 11.6. The summed E-state index contributed by atoms with van der Waals surface area (Å²) in [5, 5.41) is 2.94. The molecule has 1 fully saturated rings. The SMILES string of the molecule is CC.CCCC(C)NC(=O)C1CCC(F)C1. The highest BCUT2D eigenvalue weighted by Gasteiger charge is 2.29. The van der Waals surface area contributed by atoms with E-state index in [0.29, 0.717) is 19.3 Å². The first-order valence-electron chi connectivity index (χ1n) is 6.58. The molecule has 3 unspecified atom stereocenters. The molecule has 0 saturated heterocycles. The fraction of sp³-hybridized carbons (Fsp3) is 0.923. The Labute approximate surface area is 99.0 Å². The maximum Gasteiger partial charge on any atom is 0.223 e. The zero-order valence-corrected chi connectivity index (χ0v) is 11.1. The van der Waals surface area contributed by atoms with E-state index in [1.807, 2.05) is 20.8 Å². The minimum atomic E-state index is -0.757. The van der Waals surface area contributed by atoms with Crippen LogP contribution in [0, 0.1) is 5.92 Å². The third-order valence-electron chi connectivity index (χ3n) is 2.85. The number of nitrogens with one attached hydrogen (secondary N) is 1. The third kappa shape index (κ3) is 5.47. The number of carbonyl (C=O) groups excluding carboxylic acids is 1. The van der Waals surface area contributed by atoms with Gasteiger partial charge in [-0.05, 0) is 32.6 Å². The topological polar surface area (TPSA) is 29.1 Å². The molecule has 0 aromatic carbocycles. The van der Waals surface area contributed by atoms with Crippen molar-refractivity contribution in [2.24, 2.45) is 5.92 Å². The summed E-state index contributed by atoms with van der Waals surface area (Å²) in [5.41, 5.74) is 0. The van der Waals surface area contributed by atoms with Crippen LogP contribution in [0.2, 0.25) is 0 Å². The molecule has 1 amide bonds. The molecule has 0 heterocycles. The quantitative estimate of drug-likeness (QED) is 0.788. The fourth-order valence-corrected chi connectivity index (χ4v) is 2.03. The number of amides is 1. The van der Waals surface area contributed by atoms with Gasteiger partial charge in [0, 0.05) is 12.0 Å². The second-order valence-corrected chi connectivity index (χ2v) is 4.31. The highest BCUT2D eigenvalue weighted by atomic mass is 19.1. The Morgan fingerprint density at radius 2 is 2.06 bits per heavy atom. The first kappa shape index (κ1) is 15.4. The van der Waals surface area contributed by atoms with Gasteiger partial charge in [0.2, 0.25) is 5.91 Å². The second kappa shape index (κ2) is 8.54. The molecule has 1 saturated carbocycles. The lowest BCUT2D eigenvalue weighted by Crippen LogP contribution is -2.36. The average molecular weight is 231 g/mol. The first-order valence-corrected chi connectivity index (χ1v) is 6.58. The second-order valence-electron chi connectivity index (χ2n) is 4.31. The molecule has 0 aliphatic heterocycles. The van der Waals surface area contributed by atoms with Crippen molar-refractivity contribution in [3.05, 3.63) is 0 Å². The first-order chi connectivity index (χ1) is 7.63. The van der Waals surface area contributed by atoms with Crippen LogP contribution in [0.15, 0.2) is 0 Å². The van der Waals surface area contributed by atoms with Crippen LogP contribution in [0.4, 0.5) is 4.39 Å². The van der Waals surface area contributed by atoms with Gasteiger partial charge in [0.1, 0.15) is 6.17 Å². The van der Waals surface area contributed by atoms with Crippen LogP contribution in [0.3, 0.4) is 0 Å². The zero-order valence-electron chi connectivity index (χ0n) is 11.1. The molecule has 0 bridgehead atoms. The van der Waals surface area contributed by atoms with Crippen LogP contribution in [0.25, 0.3) is 0 Å². The summed E-state index contributed by atoms with van der Waals surface area (Å²) in [6.45, 7) is 8.10. The Bertz CT molecular complexity index is 196. The lowest BCUT2D eigenvalue weighted by atomic mass is 10.1. The van der Waals surface area contributed by atoms with Crippen molar-refractivity contribution >= 4 is 5.91 Å². The summed E-state index contributed by atoms with van der Waals surface area (Å²) < 4.78 is 12.8. The number of halogens is 1. The monoisotopic (exact) mass is 231 g/mol. The van der Waals surface area contributed by atoms with E-state index in [0.717, 1.165) is 12.8 Å². The lowest BCUT2D eigenvalue weighted by molar-refractivity contribution is -0.125. The fourth-order valence-electron chi connectivity index (χ4n) is 2.03. The van der Waals surface area contributed by atoms with E-state index >= 15 is 0 Å². The largest absolute Gasteiger partial charge is 0.353 e. The Hall–Kier alpha value is -0.600. The van der Waals surface area contributed by atoms with Gasteiger partial charge in [-0.25, -0.2) is 4.39 Å². The molecular weight excluding hydrogens is 205 g/mol. The molecule has 3 heteroatoms. The van der Waals surface area contributed by atoms with Gasteiger partial charge in [0.15, 0.2) is 0 Å². The van der Waals surface area contributed by atoms with Crippen LogP contribution in [0.1, 0.15) is 59.8 Å². The van der Waals surface area contributed by atoms with E-state index < -0.39 is 6.17 Å². The minimum Gasteiger partial charge on any atom is -0.353 e. The van der Waals surface area contributed by atoms with Gasteiger partial charge in [0.25, 0.3) is 0 Å². The Kier molecular flexibility index (Phi) is 8.22. The number of alkyl halides is 1. The van der Waals surface area contributed by atoms with Crippen LogP contribution >= 0.6 is 0 Å². The average Bonchev–Trinajstić information content (AvgIpc) is 2.68. The van der Waals surface area contributed by atoms with Crippen LogP contribution in [-0.2, 0) is 4.79 Å².